The van der Waals surface area contributed by atoms with Crippen molar-refractivity contribution in [1.29, 1.82) is 0 Å². The molecule has 7 heteroatoms. The molecule has 0 radical (unpaired) electrons. The minimum absolute atomic E-state index is 0.136. The van der Waals surface area contributed by atoms with Gasteiger partial charge in [0.1, 0.15) is 17.5 Å². The Labute approximate surface area is 170 Å². The Hall–Kier alpha value is -2.67. The maximum Gasteiger partial charge on any atom is 0.258 e. The molecular weight excluding hydrogens is 376 g/mol. The molecule has 0 aliphatic rings. The number of methoxy groups -OCH3 is 1. The number of carbonyl (C=O) groups is 2. The van der Waals surface area contributed by atoms with E-state index in [1.54, 1.807) is 31.0 Å². The summed E-state index contributed by atoms with van der Waals surface area (Å²) in [6.45, 7) is 0.227. The van der Waals surface area contributed by atoms with Crippen LogP contribution in [0.3, 0.4) is 0 Å². The molecule has 1 atom stereocenters. The van der Waals surface area contributed by atoms with E-state index in [9.17, 15) is 9.59 Å². The normalized spacial score (nSPS) is 11.4. The van der Waals surface area contributed by atoms with E-state index in [4.69, 9.17) is 9.47 Å². The predicted molar refractivity (Wildman–Crippen MR) is 112 cm³/mol. The quantitative estimate of drug-likeness (QED) is 0.604. The fourth-order valence-corrected chi connectivity index (χ4v) is 2.97. The third kappa shape index (κ3) is 7.52. The van der Waals surface area contributed by atoms with Crippen LogP contribution in [0, 0.1) is 0 Å². The zero-order valence-corrected chi connectivity index (χ0v) is 17.0. The number of hydrogen-bond donors (Lipinski definition) is 2. The first-order valence-electron chi connectivity index (χ1n) is 8.99. The average Bonchev–Trinajstić information content (AvgIpc) is 2.74. The van der Waals surface area contributed by atoms with Crippen molar-refractivity contribution in [2.24, 2.45) is 0 Å². The summed E-state index contributed by atoms with van der Waals surface area (Å²) in [6, 6.07) is 16.0. The van der Waals surface area contributed by atoms with Gasteiger partial charge >= 0.3 is 0 Å². The second kappa shape index (κ2) is 11.9. The molecule has 0 heterocycles. The maximum atomic E-state index is 12.6. The van der Waals surface area contributed by atoms with Crippen molar-refractivity contribution >= 4 is 23.6 Å². The average molecular weight is 403 g/mol. The summed E-state index contributed by atoms with van der Waals surface area (Å²) in [7, 11) is 1.60. The molecule has 0 aromatic heterocycles. The van der Waals surface area contributed by atoms with E-state index in [-0.39, 0.29) is 18.4 Å². The van der Waals surface area contributed by atoms with Crippen LogP contribution in [0.25, 0.3) is 0 Å². The fourth-order valence-electron chi connectivity index (χ4n) is 2.50. The molecule has 0 unspecified atom stereocenters. The van der Waals surface area contributed by atoms with Crippen molar-refractivity contribution in [2.45, 2.75) is 19.0 Å². The highest BCUT2D eigenvalue weighted by atomic mass is 32.2. The van der Waals surface area contributed by atoms with Gasteiger partial charge in [0.2, 0.25) is 5.91 Å². The number of benzene rings is 2. The molecular formula is C21H26N2O4S. The van der Waals surface area contributed by atoms with E-state index in [0.29, 0.717) is 18.7 Å². The third-order valence-electron chi connectivity index (χ3n) is 3.98. The lowest BCUT2D eigenvalue weighted by molar-refractivity contribution is -0.130. The zero-order valence-electron chi connectivity index (χ0n) is 16.1. The van der Waals surface area contributed by atoms with Gasteiger partial charge in [0.15, 0.2) is 6.61 Å². The van der Waals surface area contributed by atoms with Crippen molar-refractivity contribution < 1.29 is 19.1 Å². The van der Waals surface area contributed by atoms with Crippen LogP contribution in [0.2, 0.25) is 0 Å². The summed E-state index contributed by atoms with van der Waals surface area (Å²) in [6.07, 6.45) is 2.51. The molecule has 2 amide bonds. The second-order valence-corrected chi connectivity index (χ2v) is 7.06. The van der Waals surface area contributed by atoms with Crippen LogP contribution < -0.4 is 20.1 Å². The molecule has 2 aromatic carbocycles. The molecule has 2 rings (SSSR count). The fraction of sp³-hybridized carbons (Fsp3) is 0.333. The van der Waals surface area contributed by atoms with E-state index in [0.717, 1.165) is 17.1 Å². The van der Waals surface area contributed by atoms with E-state index in [1.807, 2.05) is 48.7 Å². The third-order valence-corrected chi connectivity index (χ3v) is 4.62. The van der Waals surface area contributed by atoms with Crippen LogP contribution in [0.4, 0.5) is 0 Å². The first-order chi connectivity index (χ1) is 13.6. The van der Waals surface area contributed by atoms with Crippen molar-refractivity contribution in [1.82, 2.24) is 10.6 Å². The standard InChI is InChI=1S/C21H26N2O4S/c1-26-18-10-6-7-16(13-18)14-22-21(25)19(11-12-28-2)23-20(24)15-27-17-8-4-3-5-9-17/h3-10,13,19H,11-12,14-15H2,1-2H3,(H,22,25)(H,23,24)/t19-/m0/s1. The number of thioether (sulfide) groups is 1. The van der Waals surface area contributed by atoms with Crippen molar-refractivity contribution in [3.05, 3.63) is 60.2 Å². The van der Waals surface area contributed by atoms with Crippen molar-refractivity contribution in [3.8, 4) is 11.5 Å². The Morgan fingerprint density at radius 1 is 1.07 bits per heavy atom. The van der Waals surface area contributed by atoms with E-state index in [1.165, 1.54) is 0 Å². The number of nitrogens with one attached hydrogen (secondary N) is 2. The summed E-state index contributed by atoms with van der Waals surface area (Å²) in [5, 5.41) is 5.65. The largest absolute Gasteiger partial charge is 0.497 e. The number of hydrogen-bond acceptors (Lipinski definition) is 5. The number of carbonyl (C=O) groups excluding carboxylic acids is 2. The molecule has 0 spiro atoms. The van der Waals surface area contributed by atoms with E-state index < -0.39 is 6.04 Å². The van der Waals surface area contributed by atoms with Crippen LogP contribution in [-0.2, 0) is 16.1 Å². The van der Waals surface area contributed by atoms with Gasteiger partial charge in [0, 0.05) is 6.54 Å². The van der Waals surface area contributed by atoms with Crippen LogP contribution in [0.1, 0.15) is 12.0 Å². The van der Waals surface area contributed by atoms with Gasteiger partial charge in [0.05, 0.1) is 7.11 Å². The van der Waals surface area contributed by atoms with Gasteiger partial charge in [-0.3, -0.25) is 9.59 Å². The minimum atomic E-state index is -0.607. The highest BCUT2D eigenvalue weighted by Crippen LogP contribution is 2.12. The Bertz CT molecular complexity index is 755. The van der Waals surface area contributed by atoms with Crippen LogP contribution in [0.5, 0.6) is 11.5 Å². The maximum absolute atomic E-state index is 12.6. The van der Waals surface area contributed by atoms with E-state index in [2.05, 4.69) is 10.6 Å². The zero-order chi connectivity index (χ0) is 20.2. The Morgan fingerprint density at radius 2 is 1.82 bits per heavy atom. The van der Waals surface area contributed by atoms with Gasteiger partial charge < -0.3 is 20.1 Å². The molecule has 0 fully saturated rings. The van der Waals surface area contributed by atoms with Crippen LogP contribution in [-0.4, -0.2) is 43.6 Å². The summed E-state index contributed by atoms with van der Waals surface area (Å²) >= 11 is 1.62. The van der Waals surface area contributed by atoms with Gasteiger partial charge in [-0.2, -0.15) is 11.8 Å². The highest BCUT2D eigenvalue weighted by Gasteiger charge is 2.20. The lowest BCUT2D eigenvalue weighted by Gasteiger charge is -2.18. The Morgan fingerprint density at radius 3 is 2.54 bits per heavy atom. The first kappa shape index (κ1) is 21.6. The summed E-state index contributed by atoms with van der Waals surface area (Å²) < 4.78 is 10.6. The Balaban J connectivity index is 1.87. The van der Waals surface area contributed by atoms with Crippen LogP contribution >= 0.6 is 11.8 Å². The molecule has 6 nitrogen and oxygen atoms in total. The lowest BCUT2D eigenvalue weighted by Crippen LogP contribution is -2.48. The number of para-hydroxylation sites is 1. The Kier molecular flexibility index (Phi) is 9.21. The van der Waals surface area contributed by atoms with Gasteiger partial charge in [-0.25, -0.2) is 0 Å². The molecule has 0 saturated carbocycles. The SMILES string of the molecule is COc1cccc(CNC(=O)[C@H](CCSC)NC(=O)COc2ccccc2)c1. The molecule has 0 aliphatic heterocycles. The first-order valence-corrected chi connectivity index (χ1v) is 10.4. The molecule has 2 N–H and O–H groups in total. The van der Waals surface area contributed by atoms with Gasteiger partial charge in [-0.15, -0.1) is 0 Å². The molecule has 2 aromatic rings. The molecule has 28 heavy (non-hydrogen) atoms. The molecule has 0 saturated heterocycles. The highest BCUT2D eigenvalue weighted by molar-refractivity contribution is 7.98. The van der Waals surface area contributed by atoms with Gasteiger partial charge in [-0.05, 0) is 48.3 Å². The van der Waals surface area contributed by atoms with Gasteiger partial charge in [0.25, 0.3) is 5.91 Å². The van der Waals surface area contributed by atoms with E-state index >= 15 is 0 Å². The lowest BCUT2D eigenvalue weighted by atomic mass is 10.1. The summed E-state index contributed by atoms with van der Waals surface area (Å²) in [5.41, 5.74) is 0.926. The predicted octanol–water partition coefficient (Wildman–Crippen LogP) is 2.63. The van der Waals surface area contributed by atoms with Gasteiger partial charge in [-0.1, -0.05) is 30.3 Å². The molecule has 150 valence electrons. The molecule has 0 aliphatic carbocycles. The summed E-state index contributed by atoms with van der Waals surface area (Å²) in [4.78, 5) is 24.8. The monoisotopic (exact) mass is 402 g/mol. The van der Waals surface area contributed by atoms with Crippen molar-refractivity contribution in [2.75, 3.05) is 25.7 Å². The smallest absolute Gasteiger partial charge is 0.258 e. The topological polar surface area (TPSA) is 76.7 Å². The van der Waals surface area contributed by atoms with Crippen molar-refractivity contribution in [3.63, 3.8) is 0 Å². The number of rotatable bonds is 11. The minimum Gasteiger partial charge on any atom is -0.497 e. The summed E-state index contributed by atoms with van der Waals surface area (Å²) in [5.74, 6) is 1.56. The number of ether oxygens (including phenoxy) is 2. The number of amides is 2. The second-order valence-electron chi connectivity index (χ2n) is 6.07. The van der Waals surface area contributed by atoms with Crippen LogP contribution in [0.15, 0.2) is 54.6 Å². The molecule has 0 bridgehead atoms.